The first-order valence-electron chi connectivity index (χ1n) is 8.50. The molecule has 0 aromatic carbocycles. The van der Waals surface area contributed by atoms with E-state index in [2.05, 4.69) is 21.3 Å². The van der Waals surface area contributed by atoms with Crippen molar-refractivity contribution in [2.24, 2.45) is 11.7 Å². The molecule has 1 saturated heterocycles. The fourth-order valence-corrected chi connectivity index (χ4v) is 3.49. The van der Waals surface area contributed by atoms with Crippen molar-refractivity contribution < 1.29 is 4.79 Å². The lowest BCUT2D eigenvalue weighted by atomic mass is 9.85. The highest BCUT2D eigenvalue weighted by atomic mass is 35.5. The number of hydrogen-bond acceptors (Lipinski definition) is 4. The third kappa shape index (κ3) is 5.50. The molecule has 3 rings (SSSR count). The summed E-state index contributed by atoms with van der Waals surface area (Å²) in [6, 6.07) is 4.13. The number of aromatic nitrogens is 1. The number of nitrogens with zero attached hydrogens (tertiary/aromatic N) is 2. The minimum atomic E-state index is 0. The summed E-state index contributed by atoms with van der Waals surface area (Å²) in [4.78, 5) is 19.0. The standard InChI is InChI=1S/C17H26N4O.2ClH/c18-14-6-4-5-13(11-14)17(22)20-16-8-7-15(12-19-16)21-9-2-1-3-10-21;;/h7-8,12-14H,1-6,9-11,18H2,(H,19,20,22);2*1H. The Kier molecular flexibility index (Phi) is 8.81. The molecular formula is C17H28Cl2N4O. The fourth-order valence-electron chi connectivity index (χ4n) is 3.49. The van der Waals surface area contributed by atoms with Crippen molar-refractivity contribution in [1.82, 2.24) is 4.98 Å². The van der Waals surface area contributed by atoms with E-state index in [1.807, 2.05) is 12.3 Å². The van der Waals surface area contributed by atoms with Gasteiger partial charge in [0.25, 0.3) is 0 Å². The van der Waals surface area contributed by atoms with Crippen molar-refractivity contribution in [1.29, 1.82) is 0 Å². The van der Waals surface area contributed by atoms with Gasteiger partial charge in [0, 0.05) is 25.0 Å². The van der Waals surface area contributed by atoms with Gasteiger partial charge >= 0.3 is 0 Å². The third-order valence-electron chi connectivity index (χ3n) is 4.81. The number of piperidine rings is 1. The molecule has 24 heavy (non-hydrogen) atoms. The van der Waals surface area contributed by atoms with Gasteiger partial charge in [-0.3, -0.25) is 4.79 Å². The van der Waals surface area contributed by atoms with Crippen LogP contribution < -0.4 is 16.0 Å². The van der Waals surface area contributed by atoms with E-state index < -0.39 is 0 Å². The second kappa shape index (κ2) is 10.1. The number of halogens is 2. The monoisotopic (exact) mass is 374 g/mol. The van der Waals surface area contributed by atoms with Crippen LogP contribution in [0.5, 0.6) is 0 Å². The van der Waals surface area contributed by atoms with Gasteiger partial charge < -0.3 is 16.0 Å². The van der Waals surface area contributed by atoms with Crippen LogP contribution in [0.2, 0.25) is 0 Å². The van der Waals surface area contributed by atoms with E-state index in [1.165, 1.54) is 19.3 Å². The minimum absolute atomic E-state index is 0. The Labute approximate surface area is 156 Å². The van der Waals surface area contributed by atoms with Gasteiger partial charge in [0.1, 0.15) is 5.82 Å². The fraction of sp³-hybridized carbons (Fsp3) is 0.647. The number of hydrogen-bond donors (Lipinski definition) is 2. The van der Waals surface area contributed by atoms with Crippen molar-refractivity contribution in [2.45, 2.75) is 51.0 Å². The molecule has 1 amide bonds. The smallest absolute Gasteiger partial charge is 0.228 e. The predicted molar refractivity (Wildman–Crippen MR) is 103 cm³/mol. The molecule has 5 nitrogen and oxygen atoms in total. The van der Waals surface area contributed by atoms with E-state index in [0.717, 1.165) is 44.5 Å². The molecule has 2 unspecified atom stereocenters. The number of pyridine rings is 1. The van der Waals surface area contributed by atoms with Crippen LogP contribution in [0.3, 0.4) is 0 Å². The quantitative estimate of drug-likeness (QED) is 0.850. The number of nitrogens with one attached hydrogen (secondary N) is 1. The van der Waals surface area contributed by atoms with Crippen molar-refractivity contribution in [2.75, 3.05) is 23.3 Å². The van der Waals surface area contributed by atoms with Crippen LogP contribution in [0, 0.1) is 5.92 Å². The summed E-state index contributed by atoms with van der Waals surface area (Å²) in [6.45, 7) is 2.21. The maximum Gasteiger partial charge on any atom is 0.228 e. The summed E-state index contributed by atoms with van der Waals surface area (Å²) in [5, 5.41) is 2.94. The lowest BCUT2D eigenvalue weighted by molar-refractivity contribution is -0.120. The molecule has 2 atom stereocenters. The molecule has 2 aliphatic rings. The zero-order valence-electron chi connectivity index (χ0n) is 13.9. The highest BCUT2D eigenvalue weighted by molar-refractivity contribution is 5.91. The molecule has 0 bridgehead atoms. The lowest BCUT2D eigenvalue weighted by Crippen LogP contribution is -2.34. The maximum absolute atomic E-state index is 12.3. The molecule has 0 radical (unpaired) electrons. The Balaban J connectivity index is 0.00000144. The second-order valence-electron chi connectivity index (χ2n) is 6.56. The summed E-state index contributed by atoms with van der Waals surface area (Å²) < 4.78 is 0. The largest absolute Gasteiger partial charge is 0.370 e. The molecule has 1 aromatic rings. The Morgan fingerprint density at radius 3 is 2.50 bits per heavy atom. The average Bonchev–Trinajstić information content (AvgIpc) is 2.56. The van der Waals surface area contributed by atoms with Crippen LogP contribution in [-0.4, -0.2) is 30.0 Å². The topological polar surface area (TPSA) is 71.2 Å². The van der Waals surface area contributed by atoms with Gasteiger partial charge in [0.05, 0.1) is 11.9 Å². The summed E-state index contributed by atoms with van der Waals surface area (Å²) in [7, 11) is 0. The number of amides is 1. The van der Waals surface area contributed by atoms with Crippen molar-refractivity contribution in [3.05, 3.63) is 18.3 Å². The van der Waals surface area contributed by atoms with Crippen LogP contribution in [0.1, 0.15) is 44.9 Å². The number of rotatable bonds is 3. The molecule has 136 valence electrons. The summed E-state index contributed by atoms with van der Waals surface area (Å²) in [5.41, 5.74) is 7.11. The zero-order valence-corrected chi connectivity index (χ0v) is 15.6. The first-order valence-corrected chi connectivity index (χ1v) is 8.50. The highest BCUT2D eigenvalue weighted by Crippen LogP contribution is 2.25. The van der Waals surface area contributed by atoms with Gasteiger partial charge in [-0.25, -0.2) is 4.98 Å². The van der Waals surface area contributed by atoms with E-state index in [1.54, 1.807) is 0 Å². The Bertz CT molecular complexity index is 506. The van der Waals surface area contributed by atoms with E-state index in [0.29, 0.717) is 5.82 Å². The first-order chi connectivity index (χ1) is 10.7. The van der Waals surface area contributed by atoms with Crippen LogP contribution in [-0.2, 0) is 4.79 Å². The zero-order chi connectivity index (χ0) is 15.4. The van der Waals surface area contributed by atoms with Gasteiger partial charge in [0.15, 0.2) is 0 Å². The maximum atomic E-state index is 12.3. The number of anilines is 2. The van der Waals surface area contributed by atoms with Crippen LogP contribution in [0.25, 0.3) is 0 Å². The molecule has 2 heterocycles. The minimum Gasteiger partial charge on any atom is -0.370 e. The van der Waals surface area contributed by atoms with Crippen LogP contribution in [0.15, 0.2) is 18.3 Å². The van der Waals surface area contributed by atoms with Crippen LogP contribution in [0.4, 0.5) is 11.5 Å². The Morgan fingerprint density at radius 2 is 1.88 bits per heavy atom. The van der Waals surface area contributed by atoms with Crippen molar-refractivity contribution >= 4 is 42.2 Å². The second-order valence-corrected chi connectivity index (χ2v) is 6.56. The van der Waals surface area contributed by atoms with E-state index in [4.69, 9.17) is 5.73 Å². The highest BCUT2D eigenvalue weighted by Gasteiger charge is 2.25. The van der Waals surface area contributed by atoms with Gasteiger partial charge in [-0.2, -0.15) is 0 Å². The number of nitrogens with two attached hydrogens (primary N) is 1. The first kappa shape index (κ1) is 21.0. The third-order valence-corrected chi connectivity index (χ3v) is 4.81. The molecule has 1 aliphatic carbocycles. The normalized spacial score (nSPS) is 23.6. The lowest BCUT2D eigenvalue weighted by Gasteiger charge is -2.28. The number of carbonyl (C=O) groups is 1. The average molecular weight is 375 g/mol. The molecule has 1 aromatic heterocycles. The van der Waals surface area contributed by atoms with E-state index in [-0.39, 0.29) is 42.7 Å². The van der Waals surface area contributed by atoms with Gasteiger partial charge in [-0.05, 0) is 50.7 Å². The van der Waals surface area contributed by atoms with Gasteiger partial charge in [0.2, 0.25) is 5.91 Å². The van der Waals surface area contributed by atoms with Gasteiger partial charge in [-0.15, -0.1) is 24.8 Å². The van der Waals surface area contributed by atoms with Crippen molar-refractivity contribution in [3.8, 4) is 0 Å². The van der Waals surface area contributed by atoms with E-state index >= 15 is 0 Å². The number of carbonyl (C=O) groups excluding carboxylic acids is 1. The summed E-state index contributed by atoms with van der Waals surface area (Å²) in [5.74, 6) is 0.741. The molecule has 1 saturated carbocycles. The van der Waals surface area contributed by atoms with Crippen LogP contribution >= 0.6 is 24.8 Å². The summed E-state index contributed by atoms with van der Waals surface area (Å²) >= 11 is 0. The molecule has 1 aliphatic heterocycles. The molecule has 3 N–H and O–H groups in total. The van der Waals surface area contributed by atoms with E-state index in [9.17, 15) is 4.79 Å². The summed E-state index contributed by atoms with van der Waals surface area (Å²) in [6.07, 6.45) is 9.49. The molecule has 7 heteroatoms. The van der Waals surface area contributed by atoms with Gasteiger partial charge in [-0.1, -0.05) is 6.42 Å². The molecular weight excluding hydrogens is 347 g/mol. The Morgan fingerprint density at radius 1 is 1.12 bits per heavy atom. The molecule has 0 spiro atoms. The predicted octanol–water partition coefficient (Wildman–Crippen LogP) is 3.37. The molecule has 2 fully saturated rings. The SMILES string of the molecule is Cl.Cl.NC1CCCC(C(=O)Nc2ccc(N3CCCCC3)cn2)C1. The van der Waals surface area contributed by atoms with Crippen molar-refractivity contribution in [3.63, 3.8) is 0 Å². The Hall–Kier alpha value is -1.04.